The Kier molecular flexibility index (Phi) is 3.59. The molecule has 2 aliphatic rings. The number of hydrogen-bond donors (Lipinski definition) is 1. The third kappa shape index (κ3) is 2.89. The Morgan fingerprint density at radius 3 is 3.07 bits per heavy atom. The van der Waals surface area contributed by atoms with Crippen LogP contribution in [0.25, 0.3) is 0 Å². The molecule has 1 unspecified atom stereocenters. The summed E-state index contributed by atoms with van der Waals surface area (Å²) in [5.41, 5.74) is 0.0569. The molecule has 2 aliphatic heterocycles. The van der Waals surface area contributed by atoms with E-state index in [9.17, 15) is 0 Å². The molecule has 0 spiro atoms. The van der Waals surface area contributed by atoms with Crippen LogP contribution in [0.3, 0.4) is 0 Å². The van der Waals surface area contributed by atoms with Crippen LogP contribution < -0.4 is 5.32 Å². The smallest absolute Gasteiger partial charge is 0.0791 e. The van der Waals surface area contributed by atoms with E-state index in [0.717, 1.165) is 50.6 Å². The van der Waals surface area contributed by atoms with Gasteiger partial charge in [0.15, 0.2) is 0 Å². The van der Waals surface area contributed by atoms with Crippen LogP contribution in [0.5, 0.6) is 0 Å². The van der Waals surface area contributed by atoms with Gasteiger partial charge in [0.25, 0.3) is 0 Å². The number of thiocarbonyl (C=S) groups is 1. The van der Waals surface area contributed by atoms with E-state index in [-0.39, 0.29) is 5.60 Å². The van der Waals surface area contributed by atoms with Crippen molar-refractivity contribution in [1.82, 2.24) is 10.2 Å². The standard InChI is InChI=1S/C11H20N2OS/c1-11(4-5-12-9-11)14-8-7-13-6-2-3-10(13)15/h12H,2-9H2,1H3. The fourth-order valence-corrected chi connectivity index (χ4v) is 2.59. The molecule has 0 aliphatic carbocycles. The SMILES string of the molecule is CC1(OCCN2CCCC2=S)CCNC1. The molecule has 1 N–H and O–H groups in total. The molecule has 2 fully saturated rings. The Hall–Kier alpha value is -0.190. The van der Waals surface area contributed by atoms with Gasteiger partial charge in [-0.15, -0.1) is 0 Å². The maximum absolute atomic E-state index is 5.94. The Morgan fingerprint density at radius 2 is 2.47 bits per heavy atom. The van der Waals surface area contributed by atoms with Gasteiger partial charge in [-0.2, -0.15) is 0 Å². The number of nitrogens with one attached hydrogen (secondary N) is 1. The molecule has 4 heteroatoms. The lowest BCUT2D eigenvalue weighted by molar-refractivity contribution is -0.0195. The quantitative estimate of drug-likeness (QED) is 0.730. The molecular weight excluding hydrogens is 208 g/mol. The van der Waals surface area contributed by atoms with E-state index in [2.05, 4.69) is 17.1 Å². The third-order valence-corrected chi connectivity index (χ3v) is 3.77. The molecule has 86 valence electrons. The first kappa shape index (κ1) is 11.3. The fourth-order valence-electron chi connectivity index (χ4n) is 2.26. The monoisotopic (exact) mass is 228 g/mol. The van der Waals surface area contributed by atoms with Crippen molar-refractivity contribution in [3.8, 4) is 0 Å². The van der Waals surface area contributed by atoms with Gasteiger partial charge in [-0.3, -0.25) is 0 Å². The summed E-state index contributed by atoms with van der Waals surface area (Å²) in [7, 11) is 0. The van der Waals surface area contributed by atoms with Crippen molar-refractivity contribution >= 4 is 17.2 Å². The van der Waals surface area contributed by atoms with Crippen molar-refractivity contribution in [2.45, 2.75) is 31.8 Å². The maximum Gasteiger partial charge on any atom is 0.0791 e. The largest absolute Gasteiger partial charge is 0.372 e. The zero-order valence-corrected chi connectivity index (χ0v) is 10.2. The summed E-state index contributed by atoms with van der Waals surface area (Å²) in [4.78, 5) is 3.40. The molecule has 2 rings (SSSR count). The molecule has 2 heterocycles. The van der Waals surface area contributed by atoms with Crippen LogP contribution in [0.2, 0.25) is 0 Å². The number of likely N-dealkylation sites (tertiary alicyclic amines) is 1. The van der Waals surface area contributed by atoms with E-state index in [0.29, 0.717) is 0 Å². The first-order valence-electron chi connectivity index (χ1n) is 5.82. The summed E-state index contributed by atoms with van der Waals surface area (Å²) in [6.07, 6.45) is 3.43. The van der Waals surface area contributed by atoms with Crippen LogP contribution in [0.15, 0.2) is 0 Å². The fraction of sp³-hybridized carbons (Fsp3) is 0.909. The maximum atomic E-state index is 5.94. The van der Waals surface area contributed by atoms with Crippen LogP contribution in [0.4, 0.5) is 0 Å². The molecule has 0 saturated carbocycles. The average Bonchev–Trinajstić information content (AvgIpc) is 2.78. The first-order chi connectivity index (χ1) is 7.20. The highest BCUT2D eigenvalue weighted by atomic mass is 32.1. The molecule has 0 amide bonds. The van der Waals surface area contributed by atoms with Gasteiger partial charge in [0.1, 0.15) is 0 Å². The Balaban J connectivity index is 1.68. The topological polar surface area (TPSA) is 24.5 Å². The minimum absolute atomic E-state index is 0.0569. The van der Waals surface area contributed by atoms with E-state index < -0.39 is 0 Å². The number of hydrogen-bond acceptors (Lipinski definition) is 3. The first-order valence-corrected chi connectivity index (χ1v) is 6.23. The highest BCUT2D eigenvalue weighted by Gasteiger charge is 2.29. The Labute approximate surface area is 97.2 Å². The molecule has 1 atom stereocenters. The van der Waals surface area contributed by atoms with Gasteiger partial charge in [-0.25, -0.2) is 0 Å². The second-order valence-electron chi connectivity index (χ2n) is 4.71. The van der Waals surface area contributed by atoms with Crippen molar-refractivity contribution in [2.24, 2.45) is 0 Å². The van der Waals surface area contributed by atoms with Gasteiger partial charge in [0.2, 0.25) is 0 Å². The molecule has 0 aromatic heterocycles. The van der Waals surface area contributed by atoms with E-state index >= 15 is 0 Å². The van der Waals surface area contributed by atoms with Gasteiger partial charge >= 0.3 is 0 Å². The second-order valence-corrected chi connectivity index (χ2v) is 5.18. The number of rotatable bonds is 4. The van der Waals surface area contributed by atoms with Crippen molar-refractivity contribution in [2.75, 3.05) is 32.8 Å². The zero-order chi connectivity index (χ0) is 10.7. The minimum Gasteiger partial charge on any atom is -0.372 e. The predicted molar refractivity (Wildman–Crippen MR) is 65.2 cm³/mol. The molecular formula is C11H20N2OS. The highest BCUT2D eigenvalue weighted by molar-refractivity contribution is 7.80. The molecule has 0 radical (unpaired) electrons. The molecule has 2 saturated heterocycles. The van der Waals surface area contributed by atoms with E-state index in [1.807, 2.05) is 0 Å². The van der Waals surface area contributed by atoms with Crippen molar-refractivity contribution < 1.29 is 4.74 Å². The summed E-state index contributed by atoms with van der Waals surface area (Å²) in [6, 6.07) is 0. The lowest BCUT2D eigenvalue weighted by Crippen LogP contribution is -2.35. The molecule has 0 aromatic rings. The second kappa shape index (κ2) is 4.76. The summed E-state index contributed by atoms with van der Waals surface area (Å²) in [5.74, 6) is 0. The van der Waals surface area contributed by atoms with Gasteiger partial charge < -0.3 is 15.0 Å². The normalized spacial score (nSPS) is 31.5. The van der Waals surface area contributed by atoms with Gasteiger partial charge in [-0.1, -0.05) is 12.2 Å². The summed E-state index contributed by atoms with van der Waals surface area (Å²) in [5, 5.41) is 3.34. The predicted octanol–water partition coefficient (Wildman–Crippen LogP) is 1.18. The summed E-state index contributed by atoms with van der Waals surface area (Å²) < 4.78 is 5.94. The lowest BCUT2D eigenvalue weighted by Gasteiger charge is -2.26. The van der Waals surface area contributed by atoms with Crippen LogP contribution >= 0.6 is 12.2 Å². The van der Waals surface area contributed by atoms with Crippen LogP contribution in [-0.2, 0) is 4.74 Å². The van der Waals surface area contributed by atoms with Crippen LogP contribution in [0, 0.1) is 0 Å². The Bertz CT molecular complexity index is 239. The summed E-state index contributed by atoms with van der Waals surface area (Å²) in [6.45, 7) is 7.15. The number of nitrogens with zero attached hydrogens (tertiary/aromatic N) is 1. The molecule has 3 nitrogen and oxygen atoms in total. The van der Waals surface area contributed by atoms with Gasteiger partial charge in [0, 0.05) is 19.6 Å². The highest BCUT2D eigenvalue weighted by Crippen LogP contribution is 2.19. The van der Waals surface area contributed by atoms with E-state index in [4.69, 9.17) is 17.0 Å². The molecule has 0 bridgehead atoms. The number of ether oxygens (including phenoxy) is 1. The van der Waals surface area contributed by atoms with Crippen molar-refractivity contribution in [1.29, 1.82) is 0 Å². The van der Waals surface area contributed by atoms with E-state index in [1.54, 1.807) is 0 Å². The van der Waals surface area contributed by atoms with Crippen molar-refractivity contribution in [3.63, 3.8) is 0 Å². The van der Waals surface area contributed by atoms with E-state index in [1.165, 1.54) is 6.42 Å². The van der Waals surface area contributed by atoms with Crippen LogP contribution in [0.1, 0.15) is 26.2 Å². The molecule has 15 heavy (non-hydrogen) atoms. The molecule has 0 aromatic carbocycles. The zero-order valence-electron chi connectivity index (χ0n) is 9.42. The lowest BCUT2D eigenvalue weighted by atomic mass is 10.1. The third-order valence-electron chi connectivity index (χ3n) is 3.31. The Morgan fingerprint density at radius 1 is 1.60 bits per heavy atom. The van der Waals surface area contributed by atoms with Gasteiger partial charge in [-0.05, 0) is 32.7 Å². The van der Waals surface area contributed by atoms with Crippen molar-refractivity contribution in [3.05, 3.63) is 0 Å². The summed E-state index contributed by atoms with van der Waals surface area (Å²) >= 11 is 5.27. The minimum atomic E-state index is 0.0569. The van der Waals surface area contributed by atoms with Gasteiger partial charge in [0.05, 0.1) is 17.2 Å². The van der Waals surface area contributed by atoms with Crippen LogP contribution in [-0.4, -0.2) is 48.3 Å². The average molecular weight is 228 g/mol.